The van der Waals surface area contributed by atoms with E-state index in [0.717, 1.165) is 44.0 Å². The second kappa shape index (κ2) is 10.9. The molecule has 0 saturated heterocycles. The van der Waals surface area contributed by atoms with Crippen molar-refractivity contribution in [2.45, 2.75) is 65.2 Å². The van der Waals surface area contributed by atoms with Gasteiger partial charge in [0.15, 0.2) is 0 Å². The fourth-order valence-electron chi connectivity index (χ4n) is 3.61. The van der Waals surface area contributed by atoms with Crippen LogP contribution in [0.4, 0.5) is 0 Å². The SMILES string of the molecule is CCCCCCCCOc1ccc2c(ccc3cc(OCCCC)ccc32)c1. The Bertz CT molecular complexity index is 869. The normalized spacial score (nSPS) is 11.2. The molecule has 0 fully saturated rings. The highest BCUT2D eigenvalue weighted by atomic mass is 16.5. The lowest BCUT2D eigenvalue weighted by Gasteiger charge is -2.10. The van der Waals surface area contributed by atoms with Gasteiger partial charge in [-0.3, -0.25) is 0 Å². The highest BCUT2D eigenvalue weighted by molar-refractivity contribution is 6.08. The van der Waals surface area contributed by atoms with Crippen molar-refractivity contribution in [3.05, 3.63) is 48.5 Å². The molecule has 3 aromatic carbocycles. The van der Waals surface area contributed by atoms with Gasteiger partial charge in [0.05, 0.1) is 13.2 Å². The fraction of sp³-hybridized carbons (Fsp3) is 0.462. The molecule has 0 radical (unpaired) electrons. The van der Waals surface area contributed by atoms with Gasteiger partial charge in [-0.1, -0.05) is 76.6 Å². The predicted molar refractivity (Wildman–Crippen MR) is 121 cm³/mol. The van der Waals surface area contributed by atoms with Crippen LogP contribution in [0.15, 0.2) is 48.5 Å². The van der Waals surface area contributed by atoms with E-state index < -0.39 is 0 Å². The summed E-state index contributed by atoms with van der Waals surface area (Å²) >= 11 is 0. The molecule has 0 aromatic heterocycles. The molecule has 28 heavy (non-hydrogen) atoms. The van der Waals surface area contributed by atoms with Crippen molar-refractivity contribution < 1.29 is 9.47 Å². The second-order valence-electron chi connectivity index (χ2n) is 7.65. The number of unbranched alkanes of at least 4 members (excludes halogenated alkanes) is 6. The summed E-state index contributed by atoms with van der Waals surface area (Å²) in [6.45, 7) is 6.03. The maximum absolute atomic E-state index is 5.99. The Kier molecular flexibility index (Phi) is 8.02. The third-order valence-electron chi connectivity index (χ3n) is 5.31. The molecule has 0 bridgehead atoms. The summed E-state index contributed by atoms with van der Waals surface area (Å²) < 4.78 is 11.8. The zero-order chi connectivity index (χ0) is 19.6. The van der Waals surface area contributed by atoms with Crippen LogP contribution in [0.2, 0.25) is 0 Å². The van der Waals surface area contributed by atoms with E-state index >= 15 is 0 Å². The summed E-state index contributed by atoms with van der Waals surface area (Å²) in [5, 5.41) is 4.99. The molecule has 0 amide bonds. The highest BCUT2D eigenvalue weighted by Gasteiger charge is 2.04. The van der Waals surface area contributed by atoms with Crippen LogP contribution in [0, 0.1) is 0 Å². The topological polar surface area (TPSA) is 18.5 Å². The number of hydrogen-bond donors (Lipinski definition) is 0. The Balaban J connectivity index is 1.62. The molecule has 0 aliphatic heterocycles. The monoisotopic (exact) mass is 378 g/mol. The summed E-state index contributed by atoms with van der Waals surface area (Å²) in [4.78, 5) is 0. The average Bonchev–Trinajstić information content (AvgIpc) is 2.73. The molecule has 3 aromatic rings. The van der Waals surface area contributed by atoms with Gasteiger partial charge in [0.1, 0.15) is 11.5 Å². The second-order valence-corrected chi connectivity index (χ2v) is 7.65. The van der Waals surface area contributed by atoms with Crippen LogP contribution in [0.1, 0.15) is 65.2 Å². The first kappa shape index (κ1) is 20.5. The number of rotatable bonds is 12. The van der Waals surface area contributed by atoms with Gasteiger partial charge >= 0.3 is 0 Å². The molecule has 150 valence electrons. The summed E-state index contributed by atoms with van der Waals surface area (Å²) in [7, 11) is 0. The standard InChI is InChI=1S/C26H34O2/c1-3-5-7-8-9-10-18-28-24-14-16-26-22(20-24)12-11-21-19-23(13-15-25(21)26)27-17-6-4-2/h11-16,19-20H,3-10,17-18H2,1-2H3. The molecular weight excluding hydrogens is 344 g/mol. The number of hydrogen-bond acceptors (Lipinski definition) is 2. The van der Waals surface area contributed by atoms with Gasteiger partial charge in [-0.05, 0) is 58.7 Å². The van der Waals surface area contributed by atoms with Gasteiger partial charge in [0.25, 0.3) is 0 Å². The largest absolute Gasteiger partial charge is 0.494 e. The third-order valence-corrected chi connectivity index (χ3v) is 5.31. The lowest BCUT2D eigenvalue weighted by molar-refractivity contribution is 0.305. The minimum atomic E-state index is 0.787. The first-order valence-corrected chi connectivity index (χ1v) is 11.0. The van der Waals surface area contributed by atoms with Crippen molar-refractivity contribution >= 4 is 21.5 Å². The van der Waals surface area contributed by atoms with E-state index in [1.165, 1.54) is 53.6 Å². The van der Waals surface area contributed by atoms with Crippen LogP contribution in [0.3, 0.4) is 0 Å². The predicted octanol–water partition coefficient (Wildman–Crippen LogP) is 7.91. The van der Waals surface area contributed by atoms with Crippen molar-refractivity contribution in [3.8, 4) is 11.5 Å². The van der Waals surface area contributed by atoms with E-state index in [1.54, 1.807) is 0 Å². The van der Waals surface area contributed by atoms with Gasteiger partial charge < -0.3 is 9.47 Å². The van der Waals surface area contributed by atoms with Gasteiger partial charge in [-0.2, -0.15) is 0 Å². The molecule has 0 aliphatic carbocycles. The molecule has 0 N–H and O–H groups in total. The van der Waals surface area contributed by atoms with E-state index in [9.17, 15) is 0 Å². The zero-order valence-corrected chi connectivity index (χ0v) is 17.5. The highest BCUT2D eigenvalue weighted by Crippen LogP contribution is 2.30. The Morgan fingerprint density at radius 1 is 0.536 bits per heavy atom. The maximum atomic E-state index is 5.99. The van der Waals surface area contributed by atoms with Crippen LogP contribution in [-0.4, -0.2) is 13.2 Å². The minimum absolute atomic E-state index is 0.787. The van der Waals surface area contributed by atoms with Crippen LogP contribution in [-0.2, 0) is 0 Å². The quantitative estimate of drug-likeness (QED) is 0.235. The number of ether oxygens (including phenoxy) is 2. The van der Waals surface area contributed by atoms with Crippen molar-refractivity contribution in [1.82, 2.24) is 0 Å². The zero-order valence-electron chi connectivity index (χ0n) is 17.5. The molecule has 2 nitrogen and oxygen atoms in total. The maximum Gasteiger partial charge on any atom is 0.119 e. The molecule has 0 spiro atoms. The van der Waals surface area contributed by atoms with E-state index in [-0.39, 0.29) is 0 Å². The Hall–Kier alpha value is -2.22. The van der Waals surface area contributed by atoms with Gasteiger partial charge in [0.2, 0.25) is 0 Å². The van der Waals surface area contributed by atoms with E-state index in [2.05, 4.69) is 62.4 Å². The fourth-order valence-corrected chi connectivity index (χ4v) is 3.61. The van der Waals surface area contributed by atoms with Crippen LogP contribution >= 0.6 is 0 Å². The molecule has 0 unspecified atom stereocenters. The summed E-state index contributed by atoms with van der Waals surface area (Å²) in [5.41, 5.74) is 0. The van der Waals surface area contributed by atoms with E-state index in [1.807, 2.05) is 0 Å². The van der Waals surface area contributed by atoms with Gasteiger partial charge in [-0.15, -0.1) is 0 Å². The average molecular weight is 379 g/mol. The number of benzene rings is 3. The van der Waals surface area contributed by atoms with Crippen molar-refractivity contribution in [3.63, 3.8) is 0 Å². The van der Waals surface area contributed by atoms with Crippen LogP contribution < -0.4 is 9.47 Å². The van der Waals surface area contributed by atoms with Gasteiger partial charge in [0, 0.05) is 0 Å². The molecule has 0 atom stereocenters. The molecular formula is C26H34O2. The Morgan fingerprint density at radius 3 is 1.61 bits per heavy atom. The van der Waals surface area contributed by atoms with Crippen molar-refractivity contribution in [2.75, 3.05) is 13.2 Å². The summed E-state index contributed by atoms with van der Waals surface area (Å²) in [6.07, 6.45) is 9.98. The number of fused-ring (bicyclic) bond motifs is 3. The van der Waals surface area contributed by atoms with Gasteiger partial charge in [-0.25, -0.2) is 0 Å². The molecule has 3 rings (SSSR count). The third kappa shape index (κ3) is 5.64. The lowest BCUT2D eigenvalue weighted by Crippen LogP contribution is -1.97. The molecule has 0 heterocycles. The Morgan fingerprint density at radius 2 is 1.04 bits per heavy atom. The van der Waals surface area contributed by atoms with Crippen molar-refractivity contribution in [2.24, 2.45) is 0 Å². The first-order valence-electron chi connectivity index (χ1n) is 11.0. The van der Waals surface area contributed by atoms with Crippen molar-refractivity contribution in [1.29, 1.82) is 0 Å². The van der Waals surface area contributed by atoms with Crippen LogP contribution in [0.25, 0.3) is 21.5 Å². The summed E-state index contributed by atoms with van der Waals surface area (Å²) in [5.74, 6) is 1.93. The first-order chi connectivity index (χ1) is 13.8. The Labute approximate surface area is 169 Å². The minimum Gasteiger partial charge on any atom is -0.494 e. The molecule has 0 saturated carbocycles. The summed E-state index contributed by atoms with van der Waals surface area (Å²) in [6, 6.07) is 17.2. The molecule has 2 heteroatoms. The lowest BCUT2D eigenvalue weighted by atomic mass is 10.0. The van der Waals surface area contributed by atoms with E-state index in [4.69, 9.17) is 9.47 Å². The van der Waals surface area contributed by atoms with Crippen LogP contribution in [0.5, 0.6) is 11.5 Å². The molecule has 0 aliphatic rings. The smallest absolute Gasteiger partial charge is 0.119 e. The van der Waals surface area contributed by atoms with E-state index in [0.29, 0.717) is 0 Å².